The number of rotatable bonds is 5. The first-order valence-electron chi connectivity index (χ1n) is 10.1. The van der Waals surface area contributed by atoms with Gasteiger partial charge in [0.1, 0.15) is 11.6 Å². The summed E-state index contributed by atoms with van der Waals surface area (Å²) in [7, 11) is 0. The summed E-state index contributed by atoms with van der Waals surface area (Å²) >= 11 is 0. The standard InChI is InChI=1S/C23H24FN3O3/c1-15(2)29-20-11-7-17(8-12-20)23(28)27-13-3-4-18(14-27)22-26-25-21(30-22)16-5-9-19(24)10-6-16/h5-12,15,18H,3-4,13-14H2,1-2H3. The van der Waals surface area contributed by atoms with Gasteiger partial charge in [-0.15, -0.1) is 10.2 Å². The summed E-state index contributed by atoms with van der Waals surface area (Å²) in [6.07, 6.45) is 1.82. The third-order valence-electron chi connectivity index (χ3n) is 5.06. The van der Waals surface area contributed by atoms with E-state index in [-0.39, 0.29) is 23.7 Å². The van der Waals surface area contributed by atoms with Gasteiger partial charge in [-0.1, -0.05) is 0 Å². The highest BCUT2D eigenvalue weighted by molar-refractivity contribution is 5.94. The van der Waals surface area contributed by atoms with E-state index in [1.807, 2.05) is 30.9 Å². The van der Waals surface area contributed by atoms with Gasteiger partial charge < -0.3 is 14.1 Å². The first kappa shape index (κ1) is 20.1. The zero-order valence-electron chi connectivity index (χ0n) is 17.0. The lowest BCUT2D eigenvalue weighted by atomic mass is 9.97. The molecule has 1 aromatic heterocycles. The van der Waals surface area contributed by atoms with Crippen LogP contribution in [0.4, 0.5) is 4.39 Å². The van der Waals surface area contributed by atoms with Gasteiger partial charge >= 0.3 is 0 Å². The number of hydrogen-bond donors (Lipinski definition) is 0. The van der Waals surface area contributed by atoms with E-state index in [0.29, 0.717) is 36.0 Å². The molecular formula is C23H24FN3O3. The van der Waals surface area contributed by atoms with E-state index in [1.54, 1.807) is 24.3 Å². The van der Waals surface area contributed by atoms with E-state index < -0.39 is 0 Å². The van der Waals surface area contributed by atoms with Crippen LogP contribution in [-0.2, 0) is 0 Å². The predicted octanol–water partition coefficient (Wildman–Crippen LogP) is 4.68. The van der Waals surface area contributed by atoms with Crippen LogP contribution >= 0.6 is 0 Å². The number of halogens is 1. The SMILES string of the molecule is CC(C)Oc1ccc(C(=O)N2CCCC(c3nnc(-c4ccc(F)cc4)o3)C2)cc1. The summed E-state index contributed by atoms with van der Waals surface area (Å²) in [5, 5.41) is 8.28. The molecular weight excluding hydrogens is 385 g/mol. The maximum atomic E-state index is 13.1. The fourth-order valence-electron chi connectivity index (χ4n) is 3.60. The van der Waals surface area contributed by atoms with Gasteiger partial charge in [0, 0.05) is 24.2 Å². The number of nitrogens with zero attached hydrogens (tertiary/aromatic N) is 3. The molecule has 4 rings (SSSR count). The van der Waals surface area contributed by atoms with Crippen LogP contribution in [-0.4, -0.2) is 40.2 Å². The molecule has 7 heteroatoms. The maximum Gasteiger partial charge on any atom is 0.253 e. The topological polar surface area (TPSA) is 68.5 Å². The first-order valence-corrected chi connectivity index (χ1v) is 10.1. The molecule has 0 bridgehead atoms. The van der Waals surface area contributed by atoms with E-state index in [2.05, 4.69) is 10.2 Å². The largest absolute Gasteiger partial charge is 0.491 e. The van der Waals surface area contributed by atoms with Crippen LogP contribution in [0.3, 0.4) is 0 Å². The number of amides is 1. The van der Waals surface area contributed by atoms with Gasteiger partial charge in [0.15, 0.2) is 0 Å². The van der Waals surface area contributed by atoms with Gasteiger partial charge in [-0.3, -0.25) is 4.79 Å². The molecule has 1 unspecified atom stereocenters. The molecule has 0 N–H and O–H groups in total. The van der Waals surface area contributed by atoms with E-state index in [4.69, 9.17) is 9.15 Å². The highest BCUT2D eigenvalue weighted by atomic mass is 19.1. The monoisotopic (exact) mass is 409 g/mol. The maximum absolute atomic E-state index is 13.1. The molecule has 156 valence electrons. The number of likely N-dealkylation sites (tertiary alicyclic amines) is 1. The Hall–Kier alpha value is -3.22. The van der Waals surface area contributed by atoms with Crippen LogP contribution in [0.25, 0.3) is 11.5 Å². The van der Waals surface area contributed by atoms with E-state index in [9.17, 15) is 9.18 Å². The van der Waals surface area contributed by atoms with Gasteiger partial charge in [0.25, 0.3) is 5.91 Å². The predicted molar refractivity (Wildman–Crippen MR) is 110 cm³/mol. The summed E-state index contributed by atoms with van der Waals surface area (Å²) in [5.74, 6) is 1.25. The van der Waals surface area contributed by atoms with Crippen molar-refractivity contribution in [3.8, 4) is 17.2 Å². The highest BCUT2D eigenvalue weighted by Gasteiger charge is 2.29. The molecule has 30 heavy (non-hydrogen) atoms. The molecule has 1 atom stereocenters. The first-order chi connectivity index (χ1) is 14.5. The number of benzene rings is 2. The molecule has 1 saturated heterocycles. The summed E-state index contributed by atoms with van der Waals surface area (Å²) in [5.41, 5.74) is 1.30. The Bertz CT molecular complexity index is 999. The Morgan fingerprint density at radius 1 is 1.13 bits per heavy atom. The van der Waals surface area contributed by atoms with Crippen LogP contribution in [0.15, 0.2) is 52.9 Å². The van der Waals surface area contributed by atoms with Crippen molar-refractivity contribution in [2.24, 2.45) is 0 Å². The second-order valence-corrected chi connectivity index (χ2v) is 7.73. The van der Waals surface area contributed by atoms with E-state index >= 15 is 0 Å². The third-order valence-corrected chi connectivity index (χ3v) is 5.06. The van der Waals surface area contributed by atoms with Gasteiger partial charge in [-0.05, 0) is 75.2 Å². The van der Waals surface area contributed by atoms with Crippen LogP contribution in [0.2, 0.25) is 0 Å². The van der Waals surface area contributed by atoms with E-state index in [0.717, 1.165) is 18.6 Å². The molecule has 3 aromatic rings. The molecule has 0 radical (unpaired) electrons. The van der Waals surface area contributed by atoms with Crippen molar-refractivity contribution in [3.05, 3.63) is 65.8 Å². The molecule has 2 aromatic carbocycles. The molecule has 0 spiro atoms. The number of ether oxygens (including phenoxy) is 1. The number of hydrogen-bond acceptors (Lipinski definition) is 5. The molecule has 2 heterocycles. The molecule has 1 amide bonds. The fraction of sp³-hybridized carbons (Fsp3) is 0.348. The fourth-order valence-corrected chi connectivity index (χ4v) is 3.60. The average molecular weight is 409 g/mol. The second-order valence-electron chi connectivity index (χ2n) is 7.73. The number of piperidine rings is 1. The van der Waals surface area contributed by atoms with Crippen molar-refractivity contribution in [1.82, 2.24) is 15.1 Å². The van der Waals surface area contributed by atoms with Gasteiger partial charge in [0.2, 0.25) is 11.8 Å². The van der Waals surface area contributed by atoms with Crippen molar-refractivity contribution in [2.45, 2.75) is 38.7 Å². The Kier molecular flexibility index (Phi) is 5.79. The Balaban J connectivity index is 1.44. The molecule has 1 fully saturated rings. The van der Waals surface area contributed by atoms with Gasteiger partial charge in [-0.25, -0.2) is 4.39 Å². The van der Waals surface area contributed by atoms with Crippen molar-refractivity contribution in [2.75, 3.05) is 13.1 Å². The third kappa shape index (κ3) is 4.50. The molecule has 6 nitrogen and oxygen atoms in total. The lowest BCUT2D eigenvalue weighted by Gasteiger charge is -2.31. The van der Waals surface area contributed by atoms with Crippen molar-refractivity contribution < 1.29 is 18.3 Å². The van der Waals surface area contributed by atoms with Crippen molar-refractivity contribution in [3.63, 3.8) is 0 Å². The number of carbonyl (C=O) groups excluding carboxylic acids is 1. The Morgan fingerprint density at radius 2 is 1.87 bits per heavy atom. The smallest absolute Gasteiger partial charge is 0.253 e. The number of carbonyl (C=O) groups is 1. The van der Waals surface area contributed by atoms with Crippen molar-refractivity contribution >= 4 is 5.91 Å². The minimum atomic E-state index is -0.316. The summed E-state index contributed by atoms with van der Waals surface area (Å²) in [6.45, 7) is 5.14. The quantitative estimate of drug-likeness (QED) is 0.612. The minimum Gasteiger partial charge on any atom is -0.491 e. The Morgan fingerprint density at radius 3 is 2.57 bits per heavy atom. The molecule has 0 saturated carbocycles. The normalized spacial score (nSPS) is 16.7. The van der Waals surface area contributed by atoms with Crippen molar-refractivity contribution in [1.29, 1.82) is 0 Å². The summed E-state index contributed by atoms with van der Waals surface area (Å²) < 4.78 is 24.6. The molecule has 1 aliphatic heterocycles. The average Bonchev–Trinajstić information content (AvgIpc) is 3.24. The zero-order chi connectivity index (χ0) is 21.1. The molecule has 1 aliphatic rings. The number of aromatic nitrogens is 2. The summed E-state index contributed by atoms with van der Waals surface area (Å²) in [6, 6.07) is 13.2. The van der Waals surface area contributed by atoms with Crippen LogP contribution < -0.4 is 4.74 Å². The summed E-state index contributed by atoms with van der Waals surface area (Å²) in [4.78, 5) is 14.8. The van der Waals surface area contributed by atoms with Crippen LogP contribution in [0.1, 0.15) is 48.9 Å². The second kappa shape index (κ2) is 8.65. The highest BCUT2D eigenvalue weighted by Crippen LogP contribution is 2.29. The molecule has 0 aliphatic carbocycles. The lowest BCUT2D eigenvalue weighted by molar-refractivity contribution is 0.0698. The Labute approximate surface area is 174 Å². The lowest BCUT2D eigenvalue weighted by Crippen LogP contribution is -2.39. The zero-order valence-corrected chi connectivity index (χ0v) is 17.0. The van der Waals surface area contributed by atoms with E-state index in [1.165, 1.54) is 12.1 Å². The minimum absolute atomic E-state index is 0.0194. The van der Waals surface area contributed by atoms with Gasteiger partial charge in [-0.2, -0.15) is 0 Å². The van der Waals surface area contributed by atoms with Gasteiger partial charge in [0.05, 0.1) is 12.0 Å². The van der Waals surface area contributed by atoms with Crippen LogP contribution in [0.5, 0.6) is 5.75 Å². The van der Waals surface area contributed by atoms with Crippen LogP contribution in [0, 0.1) is 5.82 Å².